The van der Waals surface area contributed by atoms with E-state index >= 15 is 0 Å². The van der Waals surface area contributed by atoms with E-state index < -0.39 is 5.97 Å². The molecule has 1 amide bonds. The van der Waals surface area contributed by atoms with E-state index in [1.807, 2.05) is 30.5 Å². The van der Waals surface area contributed by atoms with E-state index in [0.717, 1.165) is 5.56 Å². The van der Waals surface area contributed by atoms with Gasteiger partial charge in [-0.05, 0) is 49.6 Å². The summed E-state index contributed by atoms with van der Waals surface area (Å²) < 4.78 is 0. The molecule has 1 aromatic carbocycles. The molecule has 0 radical (unpaired) electrons. The average Bonchev–Trinajstić information content (AvgIpc) is 2.53. The van der Waals surface area contributed by atoms with Gasteiger partial charge in [-0.1, -0.05) is 12.1 Å². The highest BCUT2D eigenvalue weighted by molar-refractivity contribution is 7.98. The molecule has 1 fully saturated rings. The van der Waals surface area contributed by atoms with Crippen LogP contribution in [0.3, 0.4) is 0 Å². The smallest absolute Gasteiger partial charge is 0.306 e. The summed E-state index contributed by atoms with van der Waals surface area (Å²) in [5.41, 5.74) is 1.08. The van der Waals surface area contributed by atoms with Gasteiger partial charge in [0.25, 0.3) is 0 Å². The Kier molecular flexibility index (Phi) is 5.67. The number of aliphatic carboxylic acids is 1. The van der Waals surface area contributed by atoms with Crippen molar-refractivity contribution in [3.8, 4) is 0 Å². The number of carboxylic acid groups (broad SMARTS) is 1. The first kappa shape index (κ1) is 15.9. The first-order chi connectivity index (χ1) is 10.1. The van der Waals surface area contributed by atoms with Gasteiger partial charge in [0.05, 0.1) is 5.92 Å². The lowest BCUT2D eigenvalue weighted by atomic mass is 9.81. The van der Waals surface area contributed by atoms with Gasteiger partial charge < -0.3 is 10.4 Å². The molecule has 1 saturated carbocycles. The molecule has 1 aromatic rings. The minimum Gasteiger partial charge on any atom is -0.481 e. The Morgan fingerprint density at radius 1 is 1.14 bits per heavy atom. The van der Waals surface area contributed by atoms with Crippen molar-refractivity contribution in [1.82, 2.24) is 5.32 Å². The summed E-state index contributed by atoms with van der Waals surface area (Å²) in [7, 11) is 0. The molecule has 0 heterocycles. The summed E-state index contributed by atoms with van der Waals surface area (Å²) in [5.74, 6) is -0.991. The number of carboxylic acids is 1. The van der Waals surface area contributed by atoms with Crippen molar-refractivity contribution in [1.29, 1.82) is 0 Å². The highest BCUT2D eigenvalue weighted by Crippen LogP contribution is 2.29. The van der Waals surface area contributed by atoms with Crippen LogP contribution in [-0.2, 0) is 16.1 Å². The predicted octanol–water partition coefficient (Wildman–Crippen LogP) is 2.92. The molecule has 5 heteroatoms. The van der Waals surface area contributed by atoms with Gasteiger partial charge in [0.2, 0.25) is 5.91 Å². The molecule has 0 saturated heterocycles. The number of thioether (sulfide) groups is 1. The van der Waals surface area contributed by atoms with E-state index in [4.69, 9.17) is 5.11 Å². The number of rotatable bonds is 5. The van der Waals surface area contributed by atoms with Crippen LogP contribution in [0, 0.1) is 11.8 Å². The van der Waals surface area contributed by atoms with Crippen LogP contribution in [0.25, 0.3) is 0 Å². The van der Waals surface area contributed by atoms with Crippen molar-refractivity contribution in [2.75, 3.05) is 6.26 Å². The fourth-order valence-corrected chi connectivity index (χ4v) is 3.09. The van der Waals surface area contributed by atoms with Gasteiger partial charge in [0, 0.05) is 17.4 Å². The number of hydrogen-bond donors (Lipinski definition) is 2. The van der Waals surface area contributed by atoms with Crippen molar-refractivity contribution in [2.45, 2.75) is 37.1 Å². The lowest BCUT2D eigenvalue weighted by Gasteiger charge is -2.25. The highest BCUT2D eigenvalue weighted by atomic mass is 32.2. The van der Waals surface area contributed by atoms with Crippen LogP contribution in [0.4, 0.5) is 0 Å². The van der Waals surface area contributed by atoms with Crippen LogP contribution in [0.1, 0.15) is 31.2 Å². The molecule has 1 aliphatic rings. The summed E-state index contributed by atoms with van der Waals surface area (Å²) in [6, 6.07) is 8.13. The number of carbonyl (C=O) groups excluding carboxylic acids is 1. The number of amides is 1. The Balaban J connectivity index is 1.78. The Hall–Kier alpha value is -1.49. The largest absolute Gasteiger partial charge is 0.481 e. The fourth-order valence-electron chi connectivity index (χ4n) is 2.68. The molecule has 114 valence electrons. The molecule has 4 nitrogen and oxygen atoms in total. The van der Waals surface area contributed by atoms with Crippen molar-refractivity contribution in [3.05, 3.63) is 29.8 Å². The second-order valence-electron chi connectivity index (χ2n) is 5.45. The number of nitrogens with one attached hydrogen (secondary N) is 1. The Labute approximate surface area is 129 Å². The predicted molar refractivity (Wildman–Crippen MR) is 83.2 cm³/mol. The van der Waals surface area contributed by atoms with Crippen molar-refractivity contribution in [3.63, 3.8) is 0 Å². The molecule has 21 heavy (non-hydrogen) atoms. The molecular weight excluding hydrogens is 286 g/mol. The monoisotopic (exact) mass is 307 g/mol. The molecule has 0 aliphatic heterocycles. The lowest BCUT2D eigenvalue weighted by Crippen LogP contribution is -2.34. The van der Waals surface area contributed by atoms with Gasteiger partial charge in [0.15, 0.2) is 0 Å². The minimum atomic E-state index is -0.734. The second kappa shape index (κ2) is 7.50. The molecular formula is C16H21NO3S. The SMILES string of the molecule is CSc1ccc(CNC(=O)C2CCC(C(=O)O)CC2)cc1. The van der Waals surface area contributed by atoms with Crippen molar-refractivity contribution >= 4 is 23.6 Å². The number of hydrogen-bond acceptors (Lipinski definition) is 3. The van der Waals surface area contributed by atoms with Crippen LogP contribution >= 0.6 is 11.8 Å². The van der Waals surface area contributed by atoms with E-state index in [2.05, 4.69) is 5.32 Å². The zero-order valence-corrected chi connectivity index (χ0v) is 13.0. The maximum absolute atomic E-state index is 12.1. The molecule has 1 aliphatic carbocycles. The van der Waals surface area contributed by atoms with Crippen molar-refractivity contribution < 1.29 is 14.7 Å². The van der Waals surface area contributed by atoms with Gasteiger partial charge in [-0.15, -0.1) is 11.8 Å². The van der Waals surface area contributed by atoms with Crippen LogP contribution in [0.2, 0.25) is 0 Å². The van der Waals surface area contributed by atoms with E-state index in [1.54, 1.807) is 11.8 Å². The van der Waals surface area contributed by atoms with E-state index in [1.165, 1.54) is 4.90 Å². The maximum atomic E-state index is 12.1. The highest BCUT2D eigenvalue weighted by Gasteiger charge is 2.29. The second-order valence-corrected chi connectivity index (χ2v) is 6.33. The van der Waals surface area contributed by atoms with Crippen LogP contribution in [0.15, 0.2) is 29.2 Å². The van der Waals surface area contributed by atoms with Crippen molar-refractivity contribution in [2.24, 2.45) is 11.8 Å². The summed E-state index contributed by atoms with van der Waals surface area (Å²) in [5, 5.41) is 11.9. The van der Waals surface area contributed by atoms with Gasteiger partial charge >= 0.3 is 5.97 Å². The topological polar surface area (TPSA) is 66.4 Å². The standard InChI is InChI=1S/C16H21NO3S/c1-21-14-8-2-11(3-9-14)10-17-15(18)12-4-6-13(7-5-12)16(19)20/h2-3,8-9,12-13H,4-7,10H2,1H3,(H,17,18)(H,19,20). The number of benzene rings is 1. The average molecular weight is 307 g/mol. The van der Waals surface area contributed by atoms with E-state index in [-0.39, 0.29) is 17.7 Å². The van der Waals surface area contributed by atoms with Gasteiger partial charge in [-0.25, -0.2) is 0 Å². The van der Waals surface area contributed by atoms with Gasteiger partial charge in [-0.3, -0.25) is 9.59 Å². The molecule has 0 aromatic heterocycles. The summed E-state index contributed by atoms with van der Waals surface area (Å²) in [6.45, 7) is 0.534. The van der Waals surface area contributed by atoms with Crippen LogP contribution < -0.4 is 5.32 Å². The van der Waals surface area contributed by atoms with E-state index in [9.17, 15) is 9.59 Å². The molecule has 0 spiro atoms. The first-order valence-corrected chi connectivity index (χ1v) is 8.46. The number of carbonyl (C=O) groups is 2. The Morgan fingerprint density at radius 3 is 2.24 bits per heavy atom. The maximum Gasteiger partial charge on any atom is 0.306 e. The Bertz CT molecular complexity index is 493. The minimum absolute atomic E-state index is 0.0360. The molecule has 2 rings (SSSR count). The first-order valence-electron chi connectivity index (χ1n) is 7.23. The molecule has 2 N–H and O–H groups in total. The molecule has 0 unspecified atom stereocenters. The summed E-state index contributed by atoms with van der Waals surface area (Å²) in [4.78, 5) is 24.2. The van der Waals surface area contributed by atoms with Crippen LogP contribution in [-0.4, -0.2) is 23.2 Å². The lowest BCUT2D eigenvalue weighted by molar-refractivity contribution is -0.144. The van der Waals surface area contributed by atoms with Gasteiger partial charge in [-0.2, -0.15) is 0 Å². The summed E-state index contributed by atoms with van der Waals surface area (Å²) >= 11 is 1.69. The molecule has 0 bridgehead atoms. The third-order valence-electron chi connectivity index (χ3n) is 4.07. The van der Waals surface area contributed by atoms with Crippen LogP contribution in [0.5, 0.6) is 0 Å². The summed E-state index contributed by atoms with van der Waals surface area (Å²) in [6.07, 6.45) is 4.60. The molecule has 0 atom stereocenters. The zero-order chi connectivity index (χ0) is 15.2. The Morgan fingerprint density at radius 2 is 1.71 bits per heavy atom. The normalized spacial score (nSPS) is 21.8. The zero-order valence-electron chi connectivity index (χ0n) is 12.2. The third-order valence-corrected chi connectivity index (χ3v) is 4.82. The quantitative estimate of drug-likeness (QED) is 0.821. The third kappa shape index (κ3) is 4.49. The fraction of sp³-hybridized carbons (Fsp3) is 0.500. The van der Waals surface area contributed by atoms with E-state index in [0.29, 0.717) is 32.2 Å². The van der Waals surface area contributed by atoms with Gasteiger partial charge in [0.1, 0.15) is 0 Å².